The first-order valence-electron chi connectivity index (χ1n) is 7.64. The van der Waals surface area contributed by atoms with E-state index in [1.807, 2.05) is 31.2 Å². The molecule has 0 saturated carbocycles. The monoisotopic (exact) mass is 342 g/mol. The van der Waals surface area contributed by atoms with Gasteiger partial charge in [0.1, 0.15) is 11.6 Å². The minimum atomic E-state index is -3.59. The fourth-order valence-corrected chi connectivity index (χ4v) is 3.35. The van der Waals surface area contributed by atoms with Gasteiger partial charge in [-0.05, 0) is 31.2 Å². The summed E-state index contributed by atoms with van der Waals surface area (Å²) in [5.41, 5.74) is 0.775. The largest absolute Gasteiger partial charge is 0.370 e. The van der Waals surface area contributed by atoms with Gasteiger partial charge in [0.25, 0.3) is 0 Å². The molecule has 2 aromatic carbocycles. The first-order valence-corrected chi connectivity index (χ1v) is 9.12. The maximum atomic E-state index is 12.3. The molecule has 0 unspecified atom stereocenters. The molecule has 7 heteroatoms. The molecule has 0 spiro atoms. The Balaban J connectivity index is 1.88. The minimum Gasteiger partial charge on any atom is -0.370 e. The second kappa shape index (κ2) is 6.94. The summed E-state index contributed by atoms with van der Waals surface area (Å²) in [6.07, 6.45) is 0. The van der Waals surface area contributed by atoms with Crippen LogP contribution in [0.1, 0.15) is 12.7 Å². The molecule has 0 amide bonds. The third-order valence-electron chi connectivity index (χ3n) is 3.47. The number of fused-ring (bicyclic) bond motifs is 1. The number of hydrogen-bond donors (Lipinski definition) is 2. The van der Waals surface area contributed by atoms with E-state index in [-0.39, 0.29) is 11.4 Å². The normalized spacial score (nSPS) is 11.5. The Bertz CT molecular complexity index is 943. The van der Waals surface area contributed by atoms with Gasteiger partial charge < -0.3 is 5.32 Å². The number of sulfonamides is 1. The Morgan fingerprint density at radius 1 is 0.958 bits per heavy atom. The number of aromatic nitrogens is 2. The molecule has 3 aromatic rings. The second-order valence-electron chi connectivity index (χ2n) is 5.17. The molecule has 24 heavy (non-hydrogen) atoms. The lowest BCUT2D eigenvalue weighted by Gasteiger charge is -2.10. The third kappa shape index (κ3) is 3.52. The molecular weight excluding hydrogens is 324 g/mol. The van der Waals surface area contributed by atoms with Gasteiger partial charge in [-0.2, -0.15) is 0 Å². The zero-order valence-corrected chi connectivity index (χ0v) is 14.0. The highest BCUT2D eigenvalue weighted by atomic mass is 32.2. The van der Waals surface area contributed by atoms with Gasteiger partial charge in [-0.25, -0.2) is 23.1 Å². The van der Waals surface area contributed by atoms with Crippen molar-refractivity contribution in [1.29, 1.82) is 0 Å². The topological polar surface area (TPSA) is 84.0 Å². The fraction of sp³-hybridized carbons (Fsp3) is 0.176. The molecule has 3 rings (SSSR count). The predicted octanol–water partition coefficient (Wildman–Crippen LogP) is 2.54. The second-order valence-corrected chi connectivity index (χ2v) is 6.94. The van der Waals surface area contributed by atoms with Crippen molar-refractivity contribution in [2.75, 3.05) is 11.9 Å². The molecule has 2 N–H and O–H groups in total. The van der Waals surface area contributed by atoms with Crippen LogP contribution < -0.4 is 10.0 Å². The van der Waals surface area contributed by atoms with E-state index in [0.717, 1.165) is 17.4 Å². The van der Waals surface area contributed by atoms with Crippen LogP contribution in [0.3, 0.4) is 0 Å². The molecule has 0 radical (unpaired) electrons. The molecule has 124 valence electrons. The fourth-order valence-electron chi connectivity index (χ4n) is 2.35. The smallest absolute Gasteiger partial charge is 0.240 e. The van der Waals surface area contributed by atoms with Crippen LogP contribution in [-0.4, -0.2) is 24.9 Å². The molecule has 0 aliphatic rings. The van der Waals surface area contributed by atoms with Gasteiger partial charge >= 0.3 is 0 Å². The zero-order valence-electron chi connectivity index (χ0n) is 13.2. The number of nitrogens with zero attached hydrogens (tertiary/aromatic N) is 2. The molecule has 1 heterocycles. The van der Waals surface area contributed by atoms with Crippen LogP contribution in [0.25, 0.3) is 10.9 Å². The van der Waals surface area contributed by atoms with Crippen molar-refractivity contribution >= 4 is 26.7 Å². The van der Waals surface area contributed by atoms with E-state index >= 15 is 0 Å². The summed E-state index contributed by atoms with van der Waals surface area (Å²) >= 11 is 0. The van der Waals surface area contributed by atoms with Crippen molar-refractivity contribution in [2.45, 2.75) is 18.4 Å². The Morgan fingerprint density at radius 2 is 1.67 bits per heavy atom. The molecule has 6 nitrogen and oxygen atoms in total. The van der Waals surface area contributed by atoms with Crippen molar-refractivity contribution in [3.05, 3.63) is 60.4 Å². The highest BCUT2D eigenvalue weighted by molar-refractivity contribution is 7.89. The van der Waals surface area contributed by atoms with Crippen LogP contribution in [0.4, 0.5) is 5.82 Å². The highest BCUT2D eigenvalue weighted by Crippen LogP contribution is 2.20. The number of benzene rings is 2. The highest BCUT2D eigenvalue weighted by Gasteiger charge is 2.14. The molecule has 0 aliphatic carbocycles. The lowest BCUT2D eigenvalue weighted by atomic mass is 10.2. The first-order chi connectivity index (χ1) is 11.6. The maximum absolute atomic E-state index is 12.3. The first kappa shape index (κ1) is 16.4. The van der Waals surface area contributed by atoms with Crippen LogP contribution in [0.2, 0.25) is 0 Å². The van der Waals surface area contributed by atoms with Crippen LogP contribution in [0.15, 0.2) is 59.5 Å². The van der Waals surface area contributed by atoms with Crippen LogP contribution in [-0.2, 0) is 16.6 Å². The molecule has 0 saturated heterocycles. The summed E-state index contributed by atoms with van der Waals surface area (Å²) in [7, 11) is -3.59. The van der Waals surface area contributed by atoms with Gasteiger partial charge in [-0.3, -0.25) is 0 Å². The summed E-state index contributed by atoms with van der Waals surface area (Å²) in [4.78, 5) is 9.10. The molecule has 0 atom stereocenters. The molecular formula is C17H18N4O2S. The SMILES string of the molecule is CCNc1nc(CNS(=O)(=O)c2ccccc2)nc2ccccc12. The average molecular weight is 342 g/mol. The predicted molar refractivity (Wildman–Crippen MR) is 94.2 cm³/mol. The van der Waals surface area contributed by atoms with Gasteiger partial charge in [0.05, 0.1) is 17.0 Å². The number of hydrogen-bond acceptors (Lipinski definition) is 5. The molecule has 0 fully saturated rings. The van der Waals surface area contributed by atoms with E-state index in [9.17, 15) is 8.42 Å². The van der Waals surface area contributed by atoms with Gasteiger partial charge in [0.15, 0.2) is 0 Å². The van der Waals surface area contributed by atoms with Gasteiger partial charge in [0, 0.05) is 11.9 Å². The van der Waals surface area contributed by atoms with Crippen LogP contribution in [0, 0.1) is 0 Å². The minimum absolute atomic E-state index is 0.0282. The lowest BCUT2D eigenvalue weighted by molar-refractivity contribution is 0.579. The average Bonchev–Trinajstić information content (AvgIpc) is 2.61. The van der Waals surface area contributed by atoms with Crippen molar-refractivity contribution in [1.82, 2.24) is 14.7 Å². The Hall–Kier alpha value is -2.51. The summed E-state index contributed by atoms with van der Waals surface area (Å²) in [5, 5.41) is 4.10. The maximum Gasteiger partial charge on any atom is 0.240 e. The molecule has 0 bridgehead atoms. The Morgan fingerprint density at radius 3 is 2.42 bits per heavy atom. The van der Waals surface area contributed by atoms with E-state index in [4.69, 9.17) is 0 Å². The molecule has 1 aromatic heterocycles. The molecule has 0 aliphatic heterocycles. The zero-order chi connectivity index (χ0) is 17.0. The van der Waals surface area contributed by atoms with Gasteiger partial charge in [-0.1, -0.05) is 30.3 Å². The number of nitrogens with one attached hydrogen (secondary N) is 2. The number of rotatable bonds is 6. The standard InChI is InChI=1S/C17H18N4O2S/c1-2-18-17-14-10-6-7-11-15(14)20-16(21-17)12-19-24(22,23)13-8-4-3-5-9-13/h3-11,19H,2,12H2,1H3,(H,18,20,21). The van der Waals surface area contributed by atoms with Gasteiger partial charge in [0.2, 0.25) is 10.0 Å². The Labute approximate surface area is 141 Å². The summed E-state index contributed by atoms with van der Waals surface area (Å²) < 4.78 is 27.1. The van der Waals surface area contributed by atoms with Crippen LogP contribution in [0.5, 0.6) is 0 Å². The number of anilines is 1. The Kier molecular flexibility index (Phi) is 4.73. The summed E-state index contributed by atoms with van der Waals surface area (Å²) in [5.74, 6) is 1.13. The van der Waals surface area contributed by atoms with Crippen molar-refractivity contribution in [2.24, 2.45) is 0 Å². The third-order valence-corrected chi connectivity index (χ3v) is 4.88. The van der Waals surface area contributed by atoms with E-state index in [1.54, 1.807) is 30.3 Å². The van der Waals surface area contributed by atoms with E-state index in [1.165, 1.54) is 0 Å². The van der Waals surface area contributed by atoms with E-state index < -0.39 is 10.0 Å². The van der Waals surface area contributed by atoms with Crippen molar-refractivity contribution in [3.8, 4) is 0 Å². The van der Waals surface area contributed by atoms with Crippen molar-refractivity contribution in [3.63, 3.8) is 0 Å². The van der Waals surface area contributed by atoms with Crippen molar-refractivity contribution < 1.29 is 8.42 Å². The quantitative estimate of drug-likeness (QED) is 0.719. The van der Waals surface area contributed by atoms with E-state index in [0.29, 0.717) is 11.6 Å². The summed E-state index contributed by atoms with van der Waals surface area (Å²) in [6, 6.07) is 15.9. The summed E-state index contributed by atoms with van der Waals surface area (Å²) in [6.45, 7) is 2.73. The van der Waals surface area contributed by atoms with Crippen LogP contribution >= 0.6 is 0 Å². The van der Waals surface area contributed by atoms with E-state index in [2.05, 4.69) is 20.0 Å². The van der Waals surface area contributed by atoms with Gasteiger partial charge in [-0.15, -0.1) is 0 Å². The lowest BCUT2D eigenvalue weighted by Crippen LogP contribution is -2.24. The number of para-hydroxylation sites is 1.